The van der Waals surface area contributed by atoms with Gasteiger partial charge in [0.15, 0.2) is 0 Å². The van der Waals surface area contributed by atoms with Crippen LogP contribution in [0.1, 0.15) is 0 Å². The van der Waals surface area contributed by atoms with Crippen molar-refractivity contribution in [2.75, 3.05) is 5.73 Å². The molecule has 0 aliphatic heterocycles. The molecule has 3 rings (SSSR count). The predicted octanol–water partition coefficient (Wildman–Crippen LogP) is 3.34. The molecule has 0 aliphatic carbocycles. The first-order valence-electron chi connectivity index (χ1n) is 6.20. The fourth-order valence-electron chi connectivity index (χ4n) is 2.22. The first-order chi connectivity index (χ1) is 9.27. The van der Waals surface area contributed by atoms with Crippen molar-refractivity contribution >= 4 is 5.82 Å². The van der Waals surface area contributed by atoms with Crippen LogP contribution >= 0.6 is 0 Å². The van der Waals surface area contributed by atoms with Crippen LogP contribution in [-0.4, -0.2) is 9.78 Å². The van der Waals surface area contributed by atoms with Gasteiger partial charge in [0.1, 0.15) is 11.5 Å². The molecule has 19 heavy (non-hydrogen) atoms. The van der Waals surface area contributed by atoms with Crippen molar-refractivity contribution in [3.8, 4) is 22.4 Å². The normalized spacial score (nSPS) is 10.6. The summed E-state index contributed by atoms with van der Waals surface area (Å²) in [5.41, 5.74) is 10.3. The van der Waals surface area contributed by atoms with Gasteiger partial charge in [0.05, 0.1) is 5.56 Å². The number of nitrogen functional groups attached to an aromatic ring is 1. The summed E-state index contributed by atoms with van der Waals surface area (Å²) >= 11 is 0. The van der Waals surface area contributed by atoms with E-state index in [4.69, 9.17) is 5.73 Å². The molecule has 0 atom stereocenters. The average molecular weight is 249 g/mol. The van der Waals surface area contributed by atoms with E-state index in [1.165, 1.54) is 0 Å². The number of aryl methyl sites for hydroxylation is 1. The monoisotopic (exact) mass is 249 g/mol. The third kappa shape index (κ3) is 1.99. The number of hydrogen-bond acceptors (Lipinski definition) is 2. The molecule has 0 unspecified atom stereocenters. The van der Waals surface area contributed by atoms with E-state index in [1.807, 2.05) is 55.6 Å². The topological polar surface area (TPSA) is 43.8 Å². The molecule has 1 heterocycles. The Kier molecular flexibility index (Phi) is 2.80. The summed E-state index contributed by atoms with van der Waals surface area (Å²) in [6.07, 6.45) is 0. The third-order valence-electron chi connectivity index (χ3n) is 3.20. The lowest BCUT2D eigenvalue weighted by atomic mass is 10.0. The predicted molar refractivity (Wildman–Crippen MR) is 78.5 cm³/mol. The maximum absolute atomic E-state index is 6.17. The molecule has 0 saturated carbocycles. The first kappa shape index (κ1) is 11.5. The lowest BCUT2D eigenvalue weighted by molar-refractivity contribution is 0.782. The molecule has 2 aromatic carbocycles. The zero-order chi connectivity index (χ0) is 13.2. The van der Waals surface area contributed by atoms with Gasteiger partial charge in [-0.2, -0.15) is 5.10 Å². The molecule has 94 valence electrons. The van der Waals surface area contributed by atoms with Crippen molar-refractivity contribution in [2.45, 2.75) is 0 Å². The van der Waals surface area contributed by atoms with Crippen molar-refractivity contribution in [3.05, 3.63) is 60.7 Å². The Balaban J connectivity index is 2.25. The molecular formula is C16H15N3. The van der Waals surface area contributed by atoms with Crippen LogP contribution in [0.15, 0.2) is 60.7 Å². The van der Waals surface area contributed by atoms with Gasteiger partial charge in [-0.3, -0.25) is 4.68 Å². The highest BCUT2D eigenvalue weighted by Crippen LogP contribution is 2.35. The number of nitrogens with zero attached hydrogens (tertiary/aromatic N) is 2. The molecule has 0 fully saturated rings. The van der Waals surface area contributed by atoms with E-state index in [2.05, 4.69) is 17.2 Å². The summed E-state index contributed by atoms with van der Waals surface area (Å²) in [4.78, 5) is 0. The summed E-state index contributed by atoms with van der Waals surface area (Å²) < 4.78 is 1.73. The minimum absolute atomic E-state index is 0.685. The summed E-state index contributed by atoms with van der Waals surface area (Å²) in [6.45, 7) is 0. The van der Waals surface area contributed by atoms with E-state index >= 15 is 0 Å². The van der Waals surface area contributed by atoms with E-state index in [0.717, 1.165) is 22.4 Å². The Hall–Kier alpha value is -2.55. The second-order valence-electron chi connectivity index (χ2n) is 4.46. The van der Waals surface area contributed by atoms with Crippen molar-refractivity contribution in [2.24, 2.45) is 7.05 Å². The van der Waals surface area contributed by atoms with E-state index < -0.39 is 0 Å². The molecule has 0 amide bonds. The van der Waals surface area contributed by atoms with Crippen LogP contribution < -0.4 is 5.73 Å². The molecule has 3 heteroatoms. The van der Waals surface area contributed by atoms with E-state index in [9.17, 15) is 0 Å². The quantitative estimate of drug-likeness (QED) is 0.757. The van der Waals surface area contributed by atoms with Crippen LogP contribution in [0.3, 0.4) is 0 Å². The smallest absolute Gasteiger partial charge is 0.129 e. The van der Waals surface area contributed by atoms with Gasteiger partial charge < -0.3 is 5.73 Å². The van der Waals surface area contributed by atoms with Crippen LogP contribution in [-0.2, 0) is 7.05 Å². The van der Waals surface area contributed by atoms with E-state index in [0.29, 0.717) is 5.82 Å². The fourth-order valence-corrected chi connectivity index (χ4v) is 2.22. The first-order valence-corrected chi connectivity index (χ1v) is 6.20. The van der Waals surface area contributed by atoms with Gasteiger partial charge in [0.25, 0.3) is 0 Å². The molecule has 0 bridgehead atoms. The summed E-state index contributed by atoms with van der Waals surface area (Å²) in [5.74, 6) is 0.685. The Morgan fingerprint density at radius 3 is 1.95 bits per heavy atom. The summed E-state index contributed by atoms with van der Waals surface area (Å²) in [5, 5.41) is 4.55. The molecule has 0 aliphatic rings. The maximum atomic E-state index is 6.17. The highest BCUT2D eigenvalue weighted by Gasteiger charge is 2.16. The van der Waals surface area contributed by atoms with Gasteiger partial charge in [-0.05, 0) is 5.56 Å². The van der Waals surface area contributed by atoms with Gasteiger partial charge in [0, 0.05) is 12.6 Å². The van der Waals surface area contributed by atoms with Gasteiger partial charge in [-0.15, -0.1) is 0 Å². The SMILES string of the molecule is Cn1nc(-c2ccccc2)c(-c2ccccc2)c1N. The van der Waals surface area contributed by atoms with Crippen LogP contribution in [0.5, 0.6) is 0 Å². The number of anilines is 1. The van der Waals surface area contributed by atoms with Crippen LogP contribution in [0.25, 0.3) is 22.4 Å². The Bertz CT molecular complexity index is 685. The zero-order valence-electron chi connectivity index (χ0n) is 10.7. The van der Waals surface area contributed by atoms with Crippen molar-refractivity contribution in [1.82, 2.24) is 9.78 Å². The Morgan fingerprint density at radius 1 is 0.842 bits per heavy atom. The minimum atomic E-state index is 0.685. The minimum Gasteiger partial charge on any atom is -0.383 e. The number of nitrogens with two attached hydrogens (primary N) is 1. The number of benzene rings is 2. The van der Waals surface area contributed by atoms with Crippen molar-refractivity contribution in [3.63, 3.8) is 0 Å². The summed E-state index contributed by atoms with van der Waals surface area (Å²) in [6, 6.07) is 20.2. The van der Waals surface area contributed by atoms with E-state index in [1.54, 1.807) is 4.68 Å². The second kappa shape index (κ2) is 4.61. The number of hydrogen-bond donors (Lipinski definition) is 1. The largest absolute Gasteiger partial charge is 0.383 e. The van der Waals surface area contributed by atoms with Crippen LogP contribution in [0.4, 0.5) is 5.82 Å². The van der Waals surface area contributed by atoms with Crippen molar-refractivity contribution < 1.29 is 0 Å². The molecule has 0 saturated heterocycles. The molecule has 3 aromatic rings. The fraction of sp³-hybridized carbons (Fsp3) is 0.0625. The molecule has 0 spiro atoms. The summed E-state index contributed by atoms with van der Waals surface area (Å²) in [7, 11) is 1.87. The number of aromatic nitrogens is 2. The van der Waals surface area contributed by atoms with Crippen molar-refractivity contribution in [1.29, 1.82) is 0 Å². The van der Waals surface area contributed by atoms with Crippen LogP contribution in [0.2, 0.25) is 0 Å². The van der Waals surface area contributed by atoms with Gasteiger partial charge in [-0.25, -0.2) is 0 Å². The third-order valence-corrected chi connectivity index (χ3v) is 3.20. The van der Waals surface area contributed by atoms with Crippen LogP contribution in [0, 0.1) is 0 Å². The number of rotatable bonds is 2. The van der Waals surface area contributed by atoms with Gasteiger partial charge >= 0.3 is 0 Å². The van der Waals surface area contributed by atoms with E-state index in [-0.39, 0.29) is 0 Å². The molecule has 1 aromatic heterocycles. The molecule has 2 N–H and O–H groups in total. The lowest BCUT2D eigenvalue weighted by Gasteiger charge is -2.04. The average Bonchev–Trinajstić information content (AvgIpc) is 2.77. The molecule has 0 radical (unpaired) electrons. The van der Waals surface area contributed by atoms with Gasteiger partial charge in [-0.1, -0.05) is 60.7 Å². The molecular weight excluding hydrogens is 234 g/mol. The Labute approximate surface area is 112 Å². The van der Waals surface area contributed by atoms with Gasteiger partial charge in [0.2, 0.25) is 0 Å². The second-order valence-corrected chi connectivity index (χ2v) is 4.46. The highest BCUT2D eigenvalue weighted by molar-refractivity contribution is 5.87. The molecule has 3 nitrogen and oxygen atoms in total. The Morgan fingerprint density at radius 2 is 1.37 bits per heavy atom. The highest BCUT2D eigenvalue weighted by atomic mass is 15.3. The maximum Gasteiger partial charge on any atom is 0.129 e. The standard InChI is InChI=1S/C16H15N3/c1-19-16(17)14(12-8-4-2-5-9-12)15(18-19)13-10-6-3-7-11-13/h2-11H,17H2,1H3. The lowest BCUT2D eigenvalue weighted by Crippen LogP contribution is -1.97. The zero-order valence-corrected chi connectivity index (χ0v) is 10.7.